The van der Waals surface area contributed by atoms with Crippen molar-refractivity contribution in [2.45, 2.75) is 59.0 Å². The average Bonchev–Trinajstić information content (AvgIpc) is 3.26. The molecule has 6 nitrogen and oxygen atoms in total. The summed E-state index contributed by atoms with van der Waals surface area (Å²) in [7, 11) is 1.35. The Bertz CT molecular complexity index is 1190. The van der Waals surface area contributed by atoms with Gasteiger partial charge in [-0.05, 0) is 89.1 Å². The van der Waals surface area contributed by atoms with Crippen LogP contribution in [-0.4, -0.2) is 34.6 Å². The third-order valence-corrected chi connectivity index (χ3v) is 6.08. The number of halogens is 1. The van der Waals surface area contributed by atoms with Crippen LogP contribution < -0.4 is 0 Å². The van der Waals surface area contributed by atoms with Crippen LogP contribution in [0.15, 0.2) is 48.0 Å². The summed E-state index contributed by atoms with van der Waals surface area (Å²) in [4.78, 5) is 34.5. The van der Waals surface area contributed by atoms with Crippen molar-refractivity contribution in [2.75, 3.05) is 7.11 Å². The molecule has 1 aliphatic carbocycles. The number of carbonyl (C=O) groups excluding carboxylic acids is 2. The fraction of sp³-hybridized carbons (Fsp3) is 0.429. The van der Waals surface area contributed by atoms with Gasteiger partial charge in [-0.25, -0.2) is 14.8 Å². The van der Waals surface area contributed by atoms with Gasteiger partial charge in [-0.1, -0.05) is 30.3 Å². The van der Waals surface area contributed by atoms with Crippen LogP contribution in [-0.2, 0) is 20.7 Å². The minimum Gasteiger partial charge on any atom is -0.465 e. The molecule has 1 aromatic carbocycles. The molecule has 0 N–H and O–H groups in total. The molecule has 0 amide bonds. The lowest BCUT2D eigenvalue weighted by molar-refractivity contribution is -0.159. The molecule has 186 valence electrons. The summed E-state index contributed by atoms with van der Waals surface area (Å²) < 4.78 is 10.5. The molecule has 35 heavy (non-hydrogen) atoms. The van der Waals surface area contributed by atoms with Crippen LogP contribution in [0.1, 0.15) is 68.7 Å². The van der Waals surface area contributed by atoms with E-state index in [2.05, 4.69) is 6.58 Å². The standard InChI is InChI=1S/C28H33ClN2O4/c1-7-19(10-8-17(2)29)25-24(15-18-9-11-20(14-18)27(33)35-28(3,4)5)30-23-16-21(26(32)34-6)12-13-22(23)31-25/h7-8,10,12-13,16,18,20H,2,9,11,14-15H2,1,3-6H3/b10-8-,19-7+. The quantitative estimate of drug-likeness (QED) is 0.324. The maximum absolute atomic E-state index is 12.6. The summed E-state index contributed by atoms with van der Waals surface area (Å²) in [6.45, 7) is 11.3. The zero-order valence-electron chi connectivity index (χ0n) is 21.1. The van der Waals surface area contributed by atoms with E-state index in [1.807, 2.05) is 39.8 Å². The van der Waals surface area contributed by atoms with E-state index in [-0.39, 0.29) is 17.8 Å². The highest BCUT2D eigenvalue weighted by Gasteiger charge is 2.33. The van der Waals surface area contributed by atoms with Crippen LogP contribution in [0.25, 0.3) is 16.6 Å². The van der Waals surface area contributed by atoms with E-state index in [1.54, 1.807) is 24.3 Å². The minimum atomic E-state index is -0.497. The van der Waals surface area contributed by atoms with Crippen molar-refractivity contribution in [1.82, 2.24) is 9.97 Å². The molecule has 3 rings (SSSR count). The third-order valence-electron chi connectivity index (χ3n) is 5.95. The fourth-order valence-corrected chi connectivity index (χ4v) is 4.40. The molecule has 0 spiro atoms. The molecule has 2 atom stereocenters. The van der Waals surface area contributed by atoms with Crippen LogP contribution in [0.4, 0.5) is 0 Å². The summed E-state index contributed by atoms with van der Waals surface area (Å²) >= 11 is 5.96. The maximum Gasteiger partial charge on any atom is 0.337 e. The second-order valence-corrected chi connectivity index (χ2v) is 10.3. The number of fused-ring (bicyclic) bond motifs is 1. The number of aromatic nitrogens is 2. The monoisotopic (exact) mass is 496 g/mol. The first kappa shape index (κ1) is 26.6. The number of hydrogen-bond donors (Lipinski definition) is 0. The van der Waals surface area contributed by atoms with Crippen molar-refractivity contribution in [1.29, 1.82) is 0 Å². The Kier molecular flexibility index (Phi) is 8.49. The summed E-state index contributed by atoms with van der Waals surface area (Å²) in [5, 5.41) is 0.415. The topological polar surface area (TPSA) is 78.4 Å². The Morgan fingerprint density at radius 1 is 1.17 bits per heavy atom. The number of carbonyl (C=O) groups is 2. The Hall–Kier alpha value is -2.99. The lowest BCUT2D eigenvalue weighted by Gasteiger charge is -2.22. The van der Waals surface area contributed by atoms with Gasteiger partial charge in [0.1, 0.15) is 5.60 Å². The molecule has 0 aliphatic heterocycles. The zero-order valence-corrected chi connectivity index (χ0v) is 21.8. The Labute approximate surface area is 212 Å². The lowest BCUT2D eigenvalue weighted by atomic mass is 9.96. The van der Waals surface area contributed by atoms with Crippen molar-refractivity contribution < 1.29 is 19.1 Å². The highest BCUT2D eigenvalue weighted by atomic mass is 35.5. The van der Waals surface area contributed by atoms with Crippen molar-refractivity contribution in [2.24, 2.45) is 11.8 Å². The van der Waals surface area contributed by atoms with Crippen molar-refractivity contribution >= 4 is 40.1 Å². The molecular weight excluding hydrogens is 464 g/mol. The maximum atomic E-state index is 12.6. The predicted octanol–water partition coefficient (Wildman–Crippen LogP) is 6.43. The first-order chi connectivity index (χ1) is 16.5. The van der Waals surface area contributed by atoms with Crippen LogP contribution in [0.5, 0.6) is 0 Å². The first-order valence-corrected chi connectivity index (χ1v) is 12.2. The highest BCUT2D eigenvalue weighted by molar-refractivity contribution is 6.30. The van der Waals surface area contributed by atoms with Gasteiger partial charge in [-0.3, -0.25) is 4.79 Å². The van der Waals surface area contributed by atoms with Gasteiger partial charge in [0.05, 0.1) is 41.0 Å². The van der Waals surface area contributed by atoms with Crippen molar-refractivity contribution in [3.8, 4) is 0 Å². The number of hydrogen-bond acceptors (Lipinski definition) is 6. The van der Waals surface area contributed by atoms with Crippen LogP contribution >= 0.6 is 11.6 Å². The summed E-state index contributed by atoms with van der Waals surface area (Å²) in [5.74, 6) is -0.396. The SMILES string of the molecule is C=C(Cl)/C=C\C(=C/C)c1nc2ccc(C(=O)OC)cc2nc1CC1CCC(C(=O)OC(C)(C)C)C1. The Morgan fingerprint density at radius 3 is 2.54 bits per heavy atom. The summed E-state index contributed by atoms with van der Waals surface area (Å²) in [6.07, 6.45) is 8.66. The smallest absolute Gasteiger partial charge is 0.337 e. The van der Waals surface area contributed by atoms with Crippen LogP contribution in [0.2, 0.25) is 0 Å². The van der Waals surface area contributed by atoms with Gasteiger partial charge in [-0.2, -0.15) is 0 Å². The van der Waals surface area contributed by atoms with Crippen molar-refractivity contribution in [3.05, 3.63) is 65.0 Å². The van der Waals surface area contributed by atoms with Gasteiger partial charge in [0.25, 0.3) is 0 Å². The van der Waals surface area contributed by atoms with E-state index in [9.17, 15) is 9.59 Å². The number of allylic oxidation sites excluding steroid dienone is 5. The number of benzene rings is 1. The summed E-state index contributed by atoms with van der Waals surface area (Å²) in [6, 6.07) is 5.15. The average molecular weight is 497 g/mol. The third kappa shape index (κ3) is 7.01. The molecule has 2 aromatic rings. The van der Waals surface area contributed by atoms with Gasteiger partial charge in [0, 0.05) is 5.03 Å². The van der Waals surface area contributed by atoms with Crippen LogP contribution in [0.3, 0.4) is 0 Å². The van der Waals surface area contributed by atoms with E-state index in [4.69, 9.17) is 31.0 Å². The lowest BCUT2D eigenvalue weighted by Crippen LogP contribution is -2.27. The van der Waals surface area contributed by atoms with Gasteiger partial charge in [-0.15, -0.1) is 0 Å². The van der Waals surface area contributed by atoms with Gasteiger partial charge >= 0.3 is 11.9 Å². The van der Waals surface area contributed by atoms with E-state index in [1.165, 1.54) is 7.11 Å². The molecule has 0 bridgehead atoms. The molecule has 1 fully saturated rings. The number of nitrogens with zero attached hydrogens (tertiary/aromatic N) is 2. The van der Waals surface area contributed by atoms with E-state index < -0.39 is 11.6 Å². The van der Waals surface area contributed by atoms with Crippen molar-refractivity contribution in [3.63, 3.8) is 0 Å². The Morgan fingerprint density at radius 2 is 1.91 bits per heavy atom. The minimum absolute atomic E-state index is 0.109. The largest absolute Gasteiger partial charge is 0.465 e. The zero-order chi connectivity index (χ0) is 25.8. The van der Waals surface area contributed by atoms with Gasteiger partial charge in [0.2, 0.25) is 0 Å². The second-order valence-electron chi connectivity index (χ2n) is 9.85. The number of methoxy groups -OCH3 is 1. The van der Waals surface area contributed by atoms with Gasteiger partial charge < -0.3 is 9.47 Å². The number of rotatable bonds is 7. The first-order valence-electron chi connectivity index (χ1n) is 11.8. The normalized spacial score (nSPS) is 18.7. The molecular formula is C28H33ClN2O4. The molecule has 2 unspecified atom stereocenters. The van der Waals surface area contributed by atoms with E-state index in [0.717, 1.165) is 36.2 Å². The highest BCUT2D eigenvalue weighted by Crippen LogP contribution is 2.36. The van der Waals surface area contributed by atoms with E-state index >= 15 is 0 Å². The molecule has 7 heteroatoms. The molecule has 1 aliphatic rings. The van der Waals surface area contributed by atoms with E-state index in [0.29, 0.717) is 28.0 Å². The molecule has 0 saturated heterocycles. The van der Waals surface area contributed by atoms with Gasteiger partial charge in [0.15, 0.2) is 0 Å². The number of esters is 2. The fourth-order valence-electron chi connectivity index (χ4n) is 4.33. The Balaban J connectivity index is 1.96. The van der Waals surface area contributed by atoms with Crippen LogP contribution in [0, 0.1) is 11.8 Å². The predicted molar refractivity (Wildman–Crippen MR) is 139 cm³/mol. The second kappa shape index (κ2) is 11.2. The molecule has 1 aromatic heterocycles. The number of ether oxygens (including phenoxy) is 2. The summed E-state index contributed by atoms with van der Waals surface area (Å²) in [5.41, 5.74) is 3.65. The molecule has 1 heterocycles. The molecule has 1 saturated carbocycles. The molecule has 0 radical (unpaired) electrons.